The fraction of sp³-hybridized carbons (Fsp3) is 0.300. The van der Waals surface area contributed by atoms with Crippen LogP contribution in [0.2, 0.25) is 0 Å². The number of ketones is 1. The summed E-state index contributed by atoms with van der Waals surface area (Å²) in [6.07, 6.45) is 0. The van der Waals surface area contributed by atoms with Crippen LogP contribution < -0.4 is 0 Å². The fourth-order valence-corrected chi connectivity index (χ4v) is 2.28. The zero-order chi connectivity index (χ0) is 10.7. The molecule has 0 bridgehead atoms. The molecule has 1 nitrogen and oxygen atoms in total. The summed E-state index contributed by atoms with van der Waals surface area (Å²) >= 11 is 10.2. The lowest BCUT2D eigenvalue weighted by molar-refractivity contribution is -0.116. The second-order valence-corrected chi connectivity index (χ2v) is 5.39. The molecule has 0 spiro atoms. The summed E-state index contributed by atoms with van der Waals surface area (Å²) in [5, 5.41) is 0.789. The van der Waals surface area contributed by atoms with E-state index in [0.29, 0.717) is 0 Å². The third kappa shape index (κ3) is 3.17. The number of rotatable bonds is 3. The predicted octanol–water partition coefficient (Wildman–Crippen LogP) is 4.37. The van der Waals surface area contributed by atoms with Gasteiger partial charge in [0.15, 0.2) is 0 Å². The first-order valence-electron chi connectivity index (χ1n) is 4.04. The average Bonchev–Trinajstić information content (AvgIpc) is 2.15. The van der Waals surface area contributed by atoms with Crippen molar-refractivity contribution in [2.45, 2.75) is 17.1 Å². The molecule has 1 aromatic rings. The molecule has 0 radical (unpaired) electrons. The number of hydrogen-bond acceptors (Lipinski definition) is 1. The first kappa shape index (κ1) is 12.4. The molecule has 1 rings (SSSR count). The average molecular weight is 385 g/mol. The van der Waals surface area contributed by atoms with E-state index >= 15 is 0 Å². The van der Waals surface area contributed by atoms with Gasteiger partial charge in [-0.1, -0.05) is 53.9 Å². The Balaban J connectivity index is 3.08. The van der Waals surface area contributed by atoms with E-state index in [4.69, 9.17) is 0 Å². The molecule has 1 aromatic carbocycles. The maximum Gasteiger partial charge on any atom is 0.147 e. The molecule has 0 aliphatic heterocycles. The summed E-state index contributed by atoms with van der Waals surface area (Å²) < 4.78 is 0.996. The molecule has 14 heavy (non-hydrogen) atoms. The van der Waals surface area contributed by atoms with E-state index in [-0.39, 0.29) is 10.6 Å². The smallest absolute Gasteiger partial charge is 0.147 e. The van der Waals surface area contributed by atoms with Crippen LogP contribution in [0.15, 0.2) is 22.7 Å². The molecule has 0 N–H and O–H groups in total. The van der Waals surface area contributed by atoms with Gasteiger partial charge in [-0.2, -0.15) is 0 Å². The molecule has 0 aliphatic carbocycles. The van der Waals surface area contributed by atoms with Crippen LogP contribution in [0.1, 0.15) is 22.9 Å². The summed E-state index contributed by atoms with van der Waals surface area (Å²) in [6.45, 7) is 1.58. The first-order valence-corrected chi connectivity index (χ1v) is 6.87. The highest BCUT2D eigenvalue weighted by Gasteiger charge is 2.13. The van der Waals surface area contributed by atoms with Crippen molar-refractivity contribution >= 4 is 53.6 Å². The molecule has 1 atom stereocenters. The Labute approximate surface area is 109 Å². The van der Waals surface area contributed by atoms with Crippen molar-refractivity contribution in [2.24, 2.45) is 0 Å². The summed E-state index contributed by atoms with van der Waals surface area (Å²) in [4.78, 5) is 11.0. The molecular formula is C10H9Br3O. The third-order valence-electron chi connectivity index (χ3n) is 1.78. The van der Waals surface area contributed by atoms with Gasteiger partial charge in [0.2, 0.25) is 0 Å². The van der Waals surface area contributed by atoms with Crippen LogP contribution in [0, 0.1) is 0 Å². The van der Waals surface area contributed by atoms with E-state index in [1.807, 2.05) is 18.2 Å². The number of halogens is 3. The van der Waals surface area contributed by atoms with Crippen LogP contribution in [0.25, 0.3) is 0 Å². The van der Waals surface area contributed by atoms with Crippen molar-refractivity contribution < 1.29 is 4.79 Å². The lowest BCUT2D eigenvalue weighted by Crippen LogP contribution is -2.01. The molecule has 4 heteroatoms. The highest BCUT2D eigenvalue weighted by atomic mass is 79.9. The number of Topliss-reactive ketones (excluding diaryl/α,β-unsaturated/α-hetero) is 1. The van der Waals surface area contributed by atoms with Gasteiger partial charge >= 0.3 is 0 Å². The Kier molecular flexibility index (Phi) is 4.80. The van der Waals surface area contributed by atoms with Crippen LogP contribution in [-0.2, 0) is 10.1 Å². The van der Waals surface area contributed by atoms with Gasteiger partial charge in [-0.3, -0.25) is 4.79 Å². The molecule has 76 valence electrons. The zero-order valence-corrected chi connectivity index (χ0v) is 12.3. The second kappa shape index (κ2) is 5.42. The topological polar surface area (TPSA) is 17.1 Å². The van der Waals surface area contributed by atoms with Gasteiger partial charge in [-0.25, -0.2) is 0 Å². The largest absolute Gasteiger partial charge is 0.298 e. The van der Waals surface area contributed by atoms with Crippen LogP contribution >= 0.6 is 47.8 Å². The minimum atomic E-state index is -0.210. The van der Waals surface area contributed by atoms with Gasteiger partial charge in [-0.15, -0.1) is 0 Å². The Morgan fingerprint density at radius 2 is 2.07 bits per heavy atom. The van der Waals surface area contributed by atoms with Crippen molar-refractivity contribution in [2.75, 3.05) is 0 Å². The lowest BCUT2D eigenvalue weighted by Gasteiger charge is -2.08. The predicted molar refractivity (Wildman–Crippen MR) is 69.1 cm³/mol. The zero-order valence-electron chi connectivity index (χ0n) is 7.56. The number of carbonyl (C=O) groups is 1. The summed E-state index contributed by atoms with van der Waals surface area (Å²) in [5.74, 6) is 0.114. The monoisotopic (exact) mass is 382 g/mol. The van der Waals surface area contributed by atoms with E-state index in [1.165, 1.54) is 0 Å². The minimum Gasteiger partial charge on any atom is -0.298 e. The minimum absolute atomic E-state index is 0.114. The van der Waals surface area contributed by atoms with E-state index in [1.54, 1.807) is 6.92 Å². The standard InChI is InChI=1S/C10H9Br3O/c1-6(14)10(13)8-2-7(5-11)3-9(12)4-8/h2-4,10H,5H2,1H3. The quantitative estimate of drug-likeness (QED) is 0.707. The van der Waals surface area contributed by atoms with Crippen molar-refractivity contribution in [3.05, 3.63) is 33.8 Å². The maximum atomic E-state index is 11.2. The molecular weight excluding hydrogens is 376 g/mol. The molecule has 0 aromatic heterocycles. The van der Waals surface area contributed by atoms with Gasteiger partial charge in [0.25, 0.3) is 0 Å². The van der Waals surface area contributed by atoms with Gasteiger partial charge in [0.05, 0.1) is 4.83 Å². The fourth-order valence-electron chi connectivity index (χ4n) is 1.13. The van der Waals surface area contributed by atoms with Crippen molar-refractivity contribution in [1.82, 2.24) is 0 Å². The number of alkyl halides is 2. The normalized spacial score (nSPS) is 12.6. The Hall–Kier alpha value is 0.330. The van der Waals surface area contributed by atoms with Crippen molar-refractivity contribution in [3.63, 3.8) is 0 Å². The molecule has 0 saturated heterocycles. The van der Waals surface area contributed by atoms with Gasteiger partial charge < -0.3 is 0 Å². The maximum absolute atomic E-state index is 11.2. The number of benzene rings is 1. The van der Waals surface area contributed by atoms with E-state index < -0.39 is 0 Å². The van der Waals surface area contributed by atoms with Crippen LogP contribution in [0.4, 0.5) is 0 Å². The molecule has 0 amide bonds. The molecule has 0 fully saturated rings. The number of carbonyl (C=O) groups excluding carboxylic acids is 1. The van der Waals surface area contributed by atoms with Gasteiger partial charge in [0, 0.05) is 9.80 Å². The van der Waals surface area contributed by atoms with Gasteiger partial charge in [-0.05, 0) is 30.2 Å². The van der Waals surface area contributed by atoms with E-state index in [9.17, 15) is 4.79 Å². The van der Waals surface area contributed by atoms with Crippen molar-refractivity contribution in [1.29, 1.82) is 0 Å². The van der Waals surface area contributed by atoms with Crippen LogP contribution in [-0.4, -0.2) is 5.78 Å². The SMILES string of the molecule is CC(=O)C(Br)c1cc(Br)cc(CBr)c1. The van der Waals surface area contributed by atoms with Crippen molar-refractivity contribution in [3.8, 4) is 0 Å². The highest BCUT2D eigenvalue weighted by Crippen LogP contribution is 2.28. The summed E-state index contributed by atoms with van der Waals surface area (Å²) in [6, 6.07) is 5.99. The Bertz CT molecular complexity index is 349. The molecule has 0 aliphatic rings. The van der Waals surface area contributed by atoms with E-state index in [0.717, 1.165) is 20.9 Å². The summed E-state index contributed by atoms with van der Waals surface area (Å²) in [5.41, 5.74) is 2.14. The van der Waals surface area contributed by atoms with Gasteiger partial charge in [0.1, 0.15) is 5.78 Å². The highest BCUT2D eigenvalue weighted by molar-refractivity contribution is 9.10. The Morgan fingerprint density at radius 1 is 1.43 bits per heavy atom. The van der Waals surface area contributed by atoms with Crippen LogP contribution in [0.3, 0.4) is 0 Å². The van der Waals surface area contributed by atoms with Crippen LogP contribution in [0.5, 0.6) is 0 Å². The summed E-state index contributed by atoms with van der Waals surface area (Å²) in [7, 11) is 0. The van der Waals surface area contributed by atoms with E-state index in [2.05, 4.69) is 47.8 Å². The molecule has 1 unspecified atom stereocenters. The molecule has 0 saturated carbocycles. The second-order valence-electron chi connectivity index (χ2n) is 3.00. The lowest BCUT2D eigenvalue weighted by atomic mass is 10.1. The first-order chi connectivity index (χ1) is 6.54. The Morgan fingerprint density at radius 3 is 2.57 bits per heavy atom. The number of hydrogen-bond donors (Lipinski definition) is 0. The third-order valence-corrected chi connectivity index (χ3v) is 4.06. The molecule has 0 heterocycles.